The topological polar surface area (TPSA) is 102 Å². The van der Waals surface area contributed by atoms with Crippen LogP contribution < -0.4 is 5.56 Å². The van der Waals surface area contributed by atoms with E-state index >= 15 is 0 Å². The van der Waals surface area contributed by atoms with E-state index in [1.165, 1.54) is 6.07 Å². The number of rotatable bonds is 6. The first kappa shape index (κ1) is 23.6. The van der Waals surface area contributed by atoms with E-state index in [1.54, 1.807) is 24.5 Å². The van der Waals surface area contributed by atoms with Crippen molar-refractivity contribution in [2.75, 3.05) is 6.61 Å². The van der Waals surface area contributed by atoms with Crippen molar-refractivity contribution < 1.29 is 24.1 Å². The molecule has 0 fully saturated rings. The number of aliphatic hydroxyl groups excluding tert-OH is 1. The maximum atomic E-state index is 15.0. The number of hydrogen-bond donors (Lipinski definition) is 2. The molecular weight excluding hydrogens is 451 g/mol. The second kappa shape index (κ2) is 8.53. The Morgan fingerprint density at radius 2 is 1.94 bits per heavy atom. The van der Waals surface area contributed by atoms with Gasteiger partial charge in [-0.05, 0) is 61.8 Å². The van der Waals surface area contributed by atoms with Gasteiger partial charge in [-0.2, -0.15) is 0 Å². The summed E-state index contributed by atoms with van der Waals surface area (Å²) in [7, 11) is 0. The molecular formula is C27H29FN2O5. The Hall–Kier alpha value is -3.10. The highest BCUT2D eigenvalue weighted by Gasteiger charge is 2.45. The minimum Gasteiger partial charge on any atom is -0.458 e. The Bertz CT molecular complexity index is 1440. The molecule has 2 N–H and O–H groups in total. The second-order valence-electron chi connectivity index (χ2n) is 9.41. The van der Waals surface area contributed by atoms with Gasteiger partial charge in [-0.15, -0.1) is 0 Å². The standard InChI is InChI=1S/C27H29FN2O5/c1-4-15-17-12-30-22(10-19-18(25(30)32)13-35-26(33)27(19,34)5-2)24(17)29-21-11-20(28)14(3)16(23(15)21)8-6-7-9-31/h10-11,31,34H,4-9,12-13H2,1-3H3. The number of aromatic nitrogens is 2. The lowest BCUT2D eigenvalue weighted by atomic mass is 9.86. The third-order valence-electron chi connectivity index (χ3n) is 7.61. The molecule has 0 radical (unpaired) electrons. The van der Waals surface area contributed by atoms with Crippen LogP contribution in [-0.4, -0.2) is 32.3 Å². The van der Waals surface area contributed by atoms with Gasteiger partial charge in [-0.3, -0.25) is 4.79 Å². The molecule has 8 heteroatoms. The van der Waals surface area contributed by atoms with Crippen molar-refractivity contribution >= 4 is 16.9 Å². The van der Waals surface area contributed by atoms with Crippen molar-refractivity contribution in [1.82, 2.24) is 9.55 Å². The molecule has 2 aliphatic heterocycles. The molecule has 2 aliphatic rings. The molecule has 0 saturated carbocycles. The zero-order valence-corrected chi connectivity index (χ0v) is 20.2. The molecule has 184 valence electrons. The van der Waals surface area contributed by atoms with E-state index in [-0.39, 0.29) is 42.1 Å². The van der Waals surface area contributed by atoms with Gasteiger partial charge in [-0.25, -0.2) is 14.2 Å². The van der Waals surface area contributed by atoms with Crippen molar-refractivity contribution in [1.29, 1.82) is 0 Å². The third-order valence-corrected chi connectivity index (χ3v) is 7.61. The summed E-state index contributed by atoms with van der Waals surface area (Å²) >= 11 is 0. The van der Waals surface area contributed by atoms with Crippen LogP contribution in [0.15, 0.2) is 16.9 Å². The largest absolute Gasteiger partial charge is 0.458 e. The number of nitrogens with zero attached hydrogens (tertiary/aromatic N) is 2. The quantitative estimate of drug-likeness (QED) is 0.324. The van der Waals surface area contributed by atoms with Crippen LogP contribution in [0, 0.1) is 12.7 Å². The van der Waals surface area contributed by atoms with Gasteiger partial charge in [0, 0.05) is 29.2 Å². The summed E-state index contributed by atoms with van der Waals surface area (Å²) in [5.74, 6) is -1.10. The van der Waals surface area contributed by atoms with E-state index in [4.69, 9.17) is 9.72 Å². The van der Waals surface area contributed by atoms with Crippen molar-refractivity contribution in [2.45, 2.75) is 71.6 Å². The Morgan fingerprint density at radius 1 is 1.17 bits per heavy atom. The number of halogens is 1. The predicted molar refractivity (Wildman–Crippen MR) is 129 cm³/mol. The number of aliphatic hydroxyl groups is 2. The van der Waals surface area contributed by atoms with Crippen LogP contribution in [0.3, 0.4) is 0 Å². The summed E-state index contributed by atoms with van der Waals surface area (Å²) in [6.45, 7) is 5.69. The van der Waals surface area contributed by atoms with E-state index in [9.17, 15) is 24.2 Å². The summed E-state index contributed by atoms with van der Waals surface area (Å²) in [5.41, 5.74) is 3.35. The lowest BCUT2D eigenvalue weighted by Gasteiger charge is -2.31. The molecule has 5 rings (SSSR count). The van der Waals surface area contributed by atoms with Crippen molar-refractivity contribution in [3.05, 3.63) is 61.7 Å². The summed E-state index contributed by atoms with van der Waals surface area (Å²) < 4.78 is 21.7. The molecule has 1 atom stereocenters. The van der Waals surface area contributed by atoms with E-state index in [0.29, 0.717) is 48.3 Å². The summed E-state index contributed by atoms with van der Waals surface area (Å²) in [5, 5.41) is 21.2. The average molecular weight is 481 g/mol. The van der Waals surface area contributed by atoms with Crippen molar-refractivity contribution in [2.24, 2.45) is 0 Å². The fourth-order valence-electron chi connectivity index (χ4n) is 5.60. The predicted octanol–water partition coefficient (Wildman–Crippen LogP) is 3.40. The molecule has 0 bridgehead atoms. The number of carbonyl (C=O) groups excluding carboxylic acids is 1. The highest BCUT2D eigenvalue weighted by molar-refractivity contribution is 5.92. The zero-order chi connectivity index (χ0) is 25.1. The van der Waals surface area contributed by atoms with Crippen LogP contribution in [0.4, 0.5) is 4.39 Å². The van der Waals surface area contributed by atoms with Gasteiger partial charge < -0.3 is 19.5 Å². The summed E-state index contributed by atoms with van der Waals surface area (Å²) in [4.78, 5) is 30.7. The van der Waals surface area contributed by atoms with E-state index in [1.807, 2.05) is 6.92 Å². The van der Waals surface area contributed by atoms with Crippen LogP contribution >= 0.6 is 0 Å². The number of ether oxygens (including phenoxy) is 1. The average Bonchev–Trinajstić information content (AvgIpc) is 3.21. The van der Waals surface area contributed by atoms with Crippen LogP contribution in [0.5, 0.6) is 0 Å². The monoisotopic (exact) mass is 480 g/mol. The number of aryl methyl sites for hydroxylation is 2. The van der Waals surface area contributed by atoms with Gasteiger partial charge in [0.1, 0.15) is 12.4 Å². The van der Waals surface area contributed by atoms with Gasteiger partial charge in [0.05, 0.1) is 29.0 Å². The zero-order valence-electron chi connectivity index (χ0n) is 20.2. The molecule has 0 amide bonds. The first-order valence-electron chi connectivity index (χ1n) is 12.2. The number of pyridine rings is 2. The van der Waals surface area contributed by atoms with E-state index in [2.05, 4.69) is 0 Å². The normalized spacial score (nSPS) is 18.4. The van der Waals surface area contributed by atoms with Crippen LogP contribution in [0.1, 0.15) is 66.5 Å². The van der Waals surface area contributed by atoms with Crippen LogP contribution in [-0.2, 0) is 41.1 Å². The first-order valence-corrected chi connectivity index (χ1v) is 12.2. The maximum Gasteiger partial charge on any atom is 0.343 e. The summed E-state index contributed by atoms with van der Waals surface area (Å²) in [6, 6.07) is 3.12. The van der Waals surface area contributed by atoms with Crippen LogP contribution in [0.2, 0.25) is 0 Å². The highest BCUT2D eigenvalue weighted by atomic mass is 19.1. The van der Waals surface area contributed by atoms with Crippen LogP contribution in [0.25, 0.3) is 22.3 Å². The fraction of sp³-hybridized carbons (Fsp3) is 0.444. The molecule has 1 aromatic carbocycles. The smallest absolute Gasteiger partial charge is 0.343 e. The van der Waals surface area contributed by atoms with Crippen molar-refractivity contribution in [3.63, 3.8) is 0 Å². The van der Waals surface area contributed by atoms with Gasteiger partial charge in [0.25, 0.3) is 5.56 Å². The number of hydrogen-bond acceptors (Lipinski definition) is 6. The summed E-state index contributed by atoms with van der Waals surface area (Å²) in [6.07, 6.45) is 2.72. The maximum absolute atomic E-state index is 15.0. The molecule has 2 aromatic heterocycles. The minimum atomic E-state index is -1.89. The van der Waals surface area contributed by atoms with Crippen molar-refractivity contribution in [3.8, 4) is 11.4 Å². The Kier molecular flexibility index (Phi) is 5.76. The lowest BCUT2D eigenvalue weighted by Crippen LogP contribution is -2.44. The van der Waals surface area contributed by atoms with E-state index in [0.717, 1.165) is 28.5 Å². The Labute approximate surface area is 202 Å². The molecule has 1 unspecified atom stereocenters. The van der Waals surface area contributed by atoms with Gasteiger partial charge in [0.15, 0.2) is 5.60 Å². The first-order chi connectivity index (χ1) is 16.8. The fourth-order valence-corrected chi connectivity index (χ4v) is 5.60. The third kappa shape index (κ3) is 3.34. The van der Waals surface area contributed by atoms with Gasteiger partial charge in [-0.1, -0.05) is 13.8 Å². The molecule has 0 spiro atoms. The Balaban J connectivity index is 1.79. The van der Waals surface area contributed by atoms with Gasteiger partial charge >= 0.3 is 5.97 Å². The number of cyclic esters (lactones) is 1. The number of unbranched alkanes of at least 4 members (excludes halogenated alkanes) is 1. The molecule has 0 aliphatic carbocycles. The molecule has 4 heterocycles. The van der Waals surface area contributed by atoms with E-state index < -0.39 is 11.6 Å². The molecule has 3 aromatic rings. The number of fused-ring (bicyclic) bond motifs is 5. The molecule has 35 heavy (non-hydrogen) atoms. The Morgan fingerprint density at radius 3 is 2.63 bits per heavy atom. The minimum absolute atomic E-state index is 0.0711. The second-order valence-corrected chi connectivity index (χ2v) is 9.41. The SMILES string of the molecule is CCc1c2c(nc3cc(F)c(C)c(CCCCO)c13)-c1cc3c(c(=O)n1C2)COC(=O)C3(O)CC. The molecule has 0 saturated heterocycles. The highest BCUT2D eigenvalue weighted by Crippen LogP contribution is 2.41. The number of benzene rings is 1. The number of esters is 1. The molecule has 7 nitrogen and oxygen atoms in total. The number of carbonyl (C=O) groups is 1. The lowest BCUT2D eigenvalue weighted by molar-refractivity contribution is -0.172. The van der Waals surface area contributed by atoms with Gasteiger partial charge in [0.2, 0.25) is 0 Å².